The summed E-state index contributed by atoms with van der Waals surface area (Å²) < 4.78 is 21.9. The van der Waals surface area contributed by atoms with E-state index in [1.807, 2.05) is 18.4 Å². The largest absolute Gasteiger partial charge is 0.470 e. The van der Waals surface area contributed by atoms with Gasteiger partial charge in [-0.2, -0.15) is 9.37 Å². The summed E-state index contributed by atoms with van der Waals surface area (Å²) in [5.74, 6) is -1.04. The third kappa shape index (κ3) is 3.87. The van der Waals surface area contributed by atoms with Crippen molar-refractivity contribution in [1.29, 1.82) is 0 Å². The third-order valence-electron chi connectivity index (χ3n) is 5.51. The van der Waals surface area contributed by atoms with Crippen LogP contribution in [0.1, 0.15) is 42.0 Å². The van der Waals surface area contributed by atoms with Gasteiger partial charge in [0.2, 0.25) is 11.2 Å². The molecule has 162 valence electrons. The molecule has 1 fully saturated rings. The molecule has 31 heavy (non-hydrogen) atoms. The number of likely N-dealkylation sites (tertiary alicyclic amines) is 1. The van der Waals surface area contributed by atoms with Crippen molar-refractivity contribution in [3.05, 3.63) is 57.6 Å². The number of carbonyl (C=O) groups is 1. The minimum absolute atomic E-state index is 0.0992. The average molecular weight is 425 g/mol. The highest BCUT2D eigenvalue weighted by molar-refractivity contribution is 5.97. The highest BCUT2D eigenvalue weighted by Gasteiger charge is 2.31. The van der Waals surface area contributed by atoms with Crippen molar-refractivity contribution in [3.63, 3.8) is 0 Å². The number of aromatic nitrogens is 4. The zero-order valence-electron chi connectivity index (χ0n) is 17.8. The van der Waals surface area contributed by atoms with Gasteiger partial charge < -0.3 is 14.2 Å². The van der Waals surface area contributed by atoms with Gasteiger partial charge in [-0.25, -0.2) is 9.97 Å². The second kappa shape index (κ2) is 8.41. The summed E-state index contributed by atoms with van der Waals surface area (Å²) in [6.07, 6.45) is 3.39. The third-order valence-corrected chi connectivity index (χ3v) is 5.51. The Morgan fingerprint density at radius 2 is 2.10 bits per heavy atom. The summed E-state index contributed by atoms with van der Waals surface area (Å²) in [5, 5.41) is 0.417. The van der Waals surface area contributed by atoms with Crippen molar-refractivity contribution in [2.75, 3.05) is 13.1 Å². The number of nitrogens with zero attached hydrogens (tertiary/aromatic N) is 5. The lowest BCUT2D eigenvalue weighted by Gasteiger charge is -2.18. The van der Waals surface area contributed by atoms with E-state index in [2.05, 4.69) is 15.0 Å². The van der Waals surface area contributed by atoms with Crippen LogP contribution in [0.2, 0.25) is 0 Å². The van der Waals surface area contributed by atoms with Gasteiger partial charge in [0, 0.05) is 31.4 Å². The molecule has 0 aliphatic carbocycles. The maximum atomic E-state index is 14.4. The number of carbonyl (C=O) groups excluding carboxylic acids is 1. The Morgan fingerprint density at radius 3 is 2.84 bits per heavy atom. The number of ether oxygens (including phenoxy) is 1. The summed E-state index contributed by atoms with van der Waals surface area (Å²) >= 11 is 0. The first kappa shape index (κ1) is 20.9. The molecule has 8 nitrogen and oxygen atoms in total. The number of amides is 1. The van der Waals surface area contributed by atoms with Crippen LogP contribution in [-0.4, -0.2) is 49.5 Å². The van der Waals surface area contributed by atoms with Gasteiger partial charge in [-0.1, -0.05) is 6.92 Å². The van der Waals surface area contributed by atoms with Gasteiger partial charge in [0.25, 0.3) is 11.8 Å². The van der Waals surface area contributed by atoms with E-state index in [1.165, 1.54) is 6.33 Å². The van der Waals surface area contributed by atoms with Gasteiger partial charge in [-0.3, -0.25) is 9.59 Å². The minimum atomic E-state index is -0.571. The average Bonchev–Trinajstić information content (AvgIpc) is 3.23. The van der Waals surface area contributed by atoms with Gasteiger partial charge in [0.05, 0.1) is 17.6 Å². The topological polar surface area (TPSA) is 90.2 Å². The highest BCUT2D eigenvalue weighted by Crippen LogP contribution is 2.22. The molecule has 3 aromatic rings. The van der Waals surface area contributed by atoms with E-state index in [0.29, 0.717) is 37.0 Å². The van der Waals surface area contributed by atoms with E-state index in [-0.39, 0.29) is 35.0 Å². The summed E-state index contributed by atoms with van der Waals surface area (Å²) in [6.45, 7) is 6.83. The molecule has 4 rings (SSSR count). The normalized spacial score (nSPS) is 16.1. The molecular formula is C22H24FN5O3. The molecule has 0 unspecified atom stereocenters. The lowest BCUT2D eigenvalue weighted by Crippen LogP contribution is -2.35. The maximum absolute atomic E-state index is 14.4. The molecule has 1 aliphatic rings. The number of rotatable bonds is 5. The standard InChI is InChI=1S/C22H24FN5O3/c1-4-17-18(23)21(25-12-24-17)31-14-8-9-28(10-14)22(30)16-11-27(5-2)20-15(19(16)29)7-6-13(3)26-20/h6-7,11-12,14H,4-5,8-10H2,1-3H3/t14-/m1/s1. The van der Waals surface area contributed by atoms with Gasteiger partial charge in [-0.15, -0.1) is 0 Å². The fraction of sp³-hybridized carbons (Fsp3) is 0.409. The predicted molar refractivity (Wildman–Crippen MR) is 113 cm³/mol. The van der Waals surface area contributed by atoms with Crippen LogP contribution >= 0.6 is 0 Å². The second-order valence-electron chi connectivity index (χ2n) is 7.55. The van der Waals surface area contributed by atoms with E-state index >= 15 is 0 Å². The van der Waals surface area contributed by atoms with Crippen LogP contribution in [0, 0.1) is 12.7 Å². The van der Waals surface area contributed by atoms with Crippen LogP contribution in [0.25, 0.3) is 11.0 Å². The molecule has 1 amide bonds. The summed E-state index contributed by atoms with van der Waals surface area (Å²) in [5.41, 5.74) is 1.42. The van der Waals surface area contributed by atoms with Crippen LogP contribution in [-0.2, 0) is 13.0 Å². The number of aryl methyl sites for hydroxylation is 3. The van der Waals surface area contributed by atoms with Crippen molar-refractivity contribution in [3.8, 4) is 5.88 Å². The number of hydrogen-bond acceptors (Lipinski definition) is 6. The molecule has 0 saturated carbocycles. The Labute approximate surface area is 178 Å². The van der Waals surface area contributed by atoms with E-state index in [9.17, 15) is 14.0 Å². The Bertz CT molecular complexity index is 1210. The monoisotopic (exact) mass is 425 g/mol. The van der Waals surface area contributed by atoms with E-state index in [4.69, 9.17) is 4.74 Å². The van der Waals surface area contributed by atoms with Crippen molar-refractivity contribution in [2.24, 2.45) is 0 Å². The predicted octanol–water partition coefficient (Wildman–Crippen LogP) is 2.51. The fourth-order valence-corrected chi connectivity index (χ4v) is 3.81. The molecular weight excluding hydrogens is 401 g/mol. The molecule has 0 radical (unpaired) electrons. The van der Waals surface area contributed by atoms with Crippen LogP contribution in [0.4, 0.5) is 4.39 Å². The molecule has 0 aromatic carbocycles. The molecule has 0 N–H and O–H groups in total. The molecule has 1 saturated heterocycles. The summed E-state index contributed by atoms with van der Waals surface area (Å²) in [6, 6.07) is 3.47. The van der Waals surface area contributed by atoms with Crippen LogP contribution in [0.3, 0.4) is 0 Å². The number of hydrogen-bond donors (Lipinski definition) is 0. The maximum Gasteiger partial charge on any atom is 0.259 e. The van der Waals surface area contributed by atoms with Gasteiger partial charge in [-0.05, 0) is 32.4 Å². The van der Waals surface area contributed by atoms with E-state index in [1.54, 1.807) is 30.2 Å². The van der Waals surface area contributed by atoms with Crippen LogP contribution < -0.4 is 10.2 Å². The fourth-order valence-electron chi connectivity index (χ4n) is 3.81. The Balaban J connectivity index is 1.57. The van der Waals surface area contributed by atoms with Crippen molar-refractivity contribution >= 4 is 16.9 Å². The molecule has 3 aromatic heterocycles. The number of fused-ring (bicyclic) bond motifs is 1. The summed E-state index contributed by atoms with van der Waals surface area (Å²) in [7, 11) is 0. The Morgan fingerprint density at radius 1 is 1.29 bits per heavy atom. The first-order valence-electron chi connectivity index (χ1n) is 10.4. The Kier molecular flexibility index (Phi) is 5.67. The van der Waals surface area contributed by atoms with Crippen molar-refractivity contribution < 1.29 is 13.9 Å². The van der Waals surface area contributed by atoms with Gasteiger partial charge in [0.1, 0.15) is 23.6 Å². The van der Waals surface area contributed by atoms with Crippen LogP contribution in [0.5, 0.6) is 5.88 Å². The zero-order chi connectivity index (χ0) is 22.1. The molecule has 0 spiro atoms. The molecule has 9 heteroatoms. The Hall–Kier alpha value is -3.36. The summed E-state index contributed by atoms with van der Waals surface area (Å²) in [4.78, 5) is 39.9. The quantitative estimate of drug-likeness (QED) is 0.624. The molecule has 0 bridgehead atoms. The smallest absolute Gasteiger partial charge is 0.259 e. The van der Waals surface area contributed by atoms with Crippen molar-refractivity contribution in [2.45, 2.75) is 46.3 Å². The lowest BCUT2D eigenvalue weighted by atomic mass is 10.1. The first-order valence-corrected chi connectivity index (χ1v) is 10.4. The van der Waals surface area contributed by atoms with Crippen molar-refractivity contribution in [1.82, 2.24) is 24.4 Å². The molecule has 1 aliphatic heterocycles. The molecule has 4 heterocycles. The van der Waals surface area contributed by atoms with E-state index in [0.717, 1.165) is 5.69 Å². The SMILES string of the molecule is CCc1ncnc(O[C@@H]2CCN(C(=O)c3cn(CC)c4nc(C)ccc4c3=O)C2)c1F. The number of halogens is 1. The van der Waals surface area contributed by atoms with Gasteiger partial charge >= 0.3 is 0 Å². The van der Waals surface area contributed by atoms with Gasteiger partial charge in [0.15, 0.2) is 0 Å². The van der Waals surface area contributed by atoms with Crippen LogP contribution in [0.15, 0.2) is 29.5 Å². The second-order valence-corrected chi connectivity index (χ2v) is 7.55. The lowest BCUT2D eigenvalue weighted by molar-refractivity contribution is 0.0768. The molecule has 1 atom stereocenters. The number of pyridine rings is 2. The van der Waals surface area contributed by atoms with E-state index < -0.39 is 11.9 Å². The minimum Gasteiger partial charge on any atom is -0.470 e. The first-order chi connectivity index (χ1) is 14.9. The highest BCUT2D eigenvalue weighted by atomic mass is 19.1. The zero-order valence-corrected chi connectivity index (χ0v) is 17.8.